The van der Waals surface area contributed by atoms with Gasteiger partial charge in [-0.15, -0.1) is 0 Å². The summed E-state index contributed by atoms with van der Waals surface area (Å²) in [6.45, 7) is 3.75. The first-order chi connectivity index (χ1) is 19.7. The third kappa shape index (κ3) is 5.29. The zero-order chi connectivity index (χ0) is 28.7. The molecule has 4 heterocycles. The Morgan fingerprint density at radius 1 is 1.10 bits per heavy atom. The van der Waals surface area contributed by atoms with Crippen LogP contribution >= 0.6 is 0 Å². The molecule has 6 rings (SSSR count). The summed E-state index contributed by atoms with van der Waals surface area (Å²) < 4.78 is 22.9. The highest BCUT2D eigenvalue weighted by Gasteiger charge is 2.34. The Bertz CT molecular complexity index is 1770. The average Bonchev–Trinajstić information content (AvgIpc) is 3.55. The molecule has 212 valence electrons. The van der Waals surface area contributed by atoms with Crippen molar-refractivity contribution in [2.75, 3.05) is 13.1 Å². The van der Waals surface area contributed by atoms with Crippen LogP contribution in [0.15, 0.2) is 58.1 Å². The van der Waals surface area contributed by atoms with E-state index in [1.807, 2.05) is 24.3 Å². The minimum atomic E-state index is -1.09. The molecule has 0 aliphatic carbocycles. The van der Waals surface area contributed by atoms with Crippen molar-refractivity contribution in [2.24, 2.45) is 12.8 Å². The molecule has 11 nitrogen and oxygen atoms in total. The van der Waals surface area contributed by atoms with Crippen LogP contribution in [0.5, 0.6) is 0 Å². The lowest BCUT2D eigenvalue weighted by atomic mass is 9.91. The number of nitrogens with two attached hydrogens (primary N) is 1. The fraction of sp³-hybridized carbons (Fsp3) is 0.345. The first kappa shape index (κ1) is 26.9. The molecule has 0 atom stereocenters. The smallest absolute Gasteiger partial charge is 0.281 e. The van der Waals surface area contributed by atoms with Crippen molar-refractivity contribution in [1.82, 2.24) is 34.4 Å². The summed E-state index contributed by atoms with van der Waals surface area (Å²) in [5.74, 6) is 0.422. The first-order valence-corrected chi connectivity index (χ1v) is 13.5. The van der Waals surface area contributed by atoms with Crippen LogP contribution in [-0.4, -0.2) is 58.2 Å². The Morgan fingerprint density at radius 2 is 1.83 bits per heavy atom. The van der Waals surface area contributed by atoms with Gasteiger partial charge in [-0.3, -0.25) is 18.9 Å². The van der Waals surface area contributed by atoms with Gasteiger partial charge in [0.1, 0.15) is 11.3 Å². The van der Waals surface area contributed by atoms with E-state index in [1.54, 1.807) is 30.8 Å². The Balaban J connectivity index is 1.14. The lowest BCUT2D eigenvalue weighted by Crippen LogP contribution is -2.47. The number of benzene rings is 2. The minimum Gasteiger partial charge on any atom is -0.388 e. The van der Waals surface area contributed by atoms with Crippen molar-refractivity contribution in [3.8, 4) is 22.6 Å². The Morgan fingerprint density at radius 3 is 2.49 bits per heavy atom. The monoisotopic (exact) mass is 558 g/mol. The Kier molecular flexibility index (Phi) is 6.98. The van der Waals surface area contributed by atoms with Gasteiger partial charge in [0.05, 0.1) is 24.2 Å². The van der Waals surface area contributed by atoms with Crippen LogP contribution in [0.3, 0.4) is 0 Å². The highest BCUT2D eigenvalue weighted by molar-refractivity contribution is 5.89. The Hall–Kier alpha value is -4.26. The summed E-state index contributed by atoms with van der Waals surface area (Å²) in [6, 6.07) is 12.7. The standard InChI is InChI=1S/C29H31FN8O3/c1-18-33-27(35-41-18)21-7-8-22(23(30)13-21)15-37-11-9-29(40,10-12-37)16-38-17-32-24-25(28(38)39)34-36(2)26(24)20-5-3-19(14-31)4-6-20/h3-8,13,17,40H,9-12,14-16,31H2,1-2H3. The maximum Gasteiger partial charge on any atom is 0.281 e. The van der Waals surface area contributed by atoms with E-state index in [0.717, 1.165) is 16.8 Å². The molecule has 0 unspecified atom stereocenters. The van der Waals surface area contributed by atoms with E-state index in [1.165, 1.54) is 17.0 Å². The maximum absolute atomic E-state index is 14.9. The second-order valence-electron chi connectivity index (χ2n) is 10.7. The van der Waals surface area contributed by atoms with Gasteiger partial charge in [-0.05, 0) is 24.5 Å². The summed E-state index contributed by atoms with van der Waals surface area (Å²) in [5.41, 5.74) is 8.83. The molecule has 41 heavy (non-hydrogen) atoms. The van der Waals surface area contributed by atoms with Gasteiger partial charge in [-0.1, -0.05) is 41.6 Å². The molecule has 1 fully saturated rings. The molecule has 0 radical (unpaired) electrons. The molecular formula is C29H31FN8O3. The topological polar surface area (TPSA) is 141 Å². The molecule has 0 spiro atoms. The fourth-order valence-electron chi connectivity index (χ4n) is 5.40. The lowest BCUT2D eigenvalue weighted by Gasteiger charge is -2.38. The zero-order valence-electron chi connectivity index (χ0n) is 22.9. The first-order valence-electron chi connectivity index (χ1n) is 13.5. The van der Waals surface area contributed by atoms with Crippen LogP contribution < -0.4 is 11.3 Å². The van der Waals surface area contributed by atoms with Crippen LogP contribution in [0.25, 0.3) is 33.7 Å². The van der Waals surface area contributed by atoms with Crippen molar-refractivity contribution in [2.45, 2.75) is 45.0 Å². The van der Waals surface area contributed by atoms with Crippen LogP contribution in [0.1, 0.15) is 29.9 Å². The second-order valence-corrected chi connectivity index (χ2v) is 10.7. The number of aryl methyl sites for hydroxylation is 2. The van der Waals surface area contributed by atoms with E-state index in [2.05, 4.69) is 25.1 Å². The number of fused-ring (bicyclic) bond motifs is 1. The molecule has 1 aliphatic rings. The molecule has 5 aromatic rings. The predicted molar refractivity (Wildman–Crippen MR) is 150 cm³/mol. The van der Waals surface area contributed by atoms with Crippen molar-refractivity contribution in [3.05, 3.63) is 82.0 Å². The number of aliphatic hydroxyl groups is 1. The third-order valence-corrected chi connectivity index (χ3v) is 7.76. The van der Waals surface area contributed by atoms with E-state index in [9.17, 15) is 14.3 Å². The minimum absolute atomic E-state index is 0.104. The van der Waals surface area contributed by atoms with Crippen molar-refractivity contribution >= 4 is 11.0 Å². The number of rotatable bonds is 7. The summed E-state index contributed by atoms with van der Waals surface area (Å²) in [7, 11) is 1.78. The molecule has 0 saturated carbocycles. The van der Waals surface area contributed by atoms with Gasteiger partial charge in [0.2, 0.25) is 11.7 Å². The molecule has 12 heteroatoms. The highest BCUT2D eigenvalue weighted by Crippen LogP contribution is 2.28. The summed E-state index contributed by atoms with van der Waals surface area (Å²) in [5, 5.41) is 19.7. The van der Waals surface area contributed by atoms with Crippen molar-refractivity contribution in [3.63, 3.8) is 0 Å². The van der Waals surface area contributed by atoms with Crippen LogP contribution in [0.2, 0.25) is 0 Å². The summed E-state index contributed by atoms with van der Waals surface area (Å²) in [4.78, 5) is 24.2. The molecule has 0 bridgehead atoms. The largest absolute Gasteiger partial charge is 0.388 e. The van der Waals surface area contributed by atoms with Crippen LogP contribution in [0.4, 0.5) is 4.39 Å². The zero-order valence-corrected chi connectivity index (χ0v) is 22.9. The van der Waals surface area contributed by atoms with E-state index >= 15 is 0 Å². The van der Waals surface area contributed by atoms with Crippen LogP contribution in [-0.2, 0) is 26.7 Å². The molecule has 1 aliphatic heterocycles. The molecule has 0 amide bonds. The molecule has 3 N–H and O–H groups in total. The molecule has 3 aromatic heterocycles. The predicted octanol–water partition coefficient (Wildman–Crippen LogP) is 2.78. The van der Waals surface area contributed by atoms with Gasteiger partial charge >= 0.3 is 0 Å². The number of nitrogens with zero attached hydrogens (tertiary/aromatic N) is 7. The molecule has 1 saturated heterocycles. The van der Waals surface area contributed by atoms with Gasteiger partial charge in [-0.25, -0.2) is 9.37 Å². The third-order valence-electron chi connectivity index (χ3n) is 7.76. The van der Waals surface area contributed by atoms with Gasteiger partial charge in [0.15, 0.2) is 5.52 Å². The van der Waals surface area contributed by atoms with Crippen LogP contribution in [0, 0.1) is 12.7 Å². The van der Waals surface area contributed by atoms with Gasteiger partial charge in [0.25, 0.3) is 5.56 Å². The number of piperidine rings is 1. The van der Waals surface area contributed by atoms with E-state index in [-0.39, 0.29) is 23.4 Å². The molecule has 2 aromatic carbocycles. The average molecular weight is 559 g/mol. The summed E-state index contributed by atoms with van der Waals surface area (Å²) in [6.07, 6.45) is 2.34. The van der Waals surface area contributed by atoms with Crippen molar-refractivity contribution < 1.29 is 14.0 Å². The van der Waals surface area contributed by atoms with Gasteiger partial charge in [-0.2, -0.15) is 10.1 Å². The lowest BCUT2D eigenvalue weighted by molar-refractivity contribution is -0.0366. The van der Waals surface area contributed by atoms with Gasteiger partial charge < -0.3 is 15.4 Å². The maximum atomic E-state index is 14.9. The number of halogens is 1. The summed E-state index contributed by atoms with van der Waals surface area (Å²) >= 11 is 0. The fourth-order valence-corrected chi connectivity index (χ4v) is 5.40. The quantitative estimate of drug-likeness (QED) is 0.308. The normalized spacial score (nSPS) is 15.5. The number of aromatic nitrogens is 6. The van der Waals surface area contributed by atoms with E-state index in [0.29, 0.717) is 67.4 Å². The second kappa shape index (κ2) is 10.6. The van der Waals surface area contributed by atoms with E-state index in [4.69, 9.17) is 10.3 Å². The Labute approximate surface area is 235 Å². The SMILES string of the molecule is Cc1nc(-c2ccc(CN3CCC(O)(Cn4cnc5c(-c6ccc(CN)cc6)n(C)nc5c4=O)CC3)c(F)c2)no1. The number of hydrogen-bond donors (Lipinski definition) is 2. The highest BCUT2D eigenvalue weighted by atomic mass is 19.1. The molecular weight excluding hydrogens is 527 g/mol. The van der Waals surface area contributed by atoms with E-state index < -0.39 is 5.60 Å². The number of likely N-dealkylation sites (tertiary alicyclic amines) is 1. The van der Waals surface area contributed by atoms with Crippen molar-refractivity contribution in [1.29, 1.82) is 0 Å². The number of hydrogen-bond acceptors (Lipinski definition) is 9. The van der Waals surface area contributed by atoms with Gasteiger partial charge in [0, 0.05) is 56.8 Å².